The van der Waals surface area contributed by atoms with Gasteiger partial charge in [0.05, 0.1) is 0 Å². The lowest BCUT2D eigenvalue weighted by atomic mass is 9.99. The predicted molar refractivity (Wildman–Crippen MR) is 54.9 cm³/mol. The summed E-state index contributed by atoms with van der Waals surface area (Å²) in [5.41, 5.74) is 2.34. The predicted octanol–water partition coefficient (Wildman–Crippen LogP) is 3.10. The van der Waals surface area contributed by atoms with Crippen LogP contribution in [0.5, 0.6) is 5.75 Å². The van der Waals surface area contributed by atoms with Crippen molar-refractivity contribution >= 4 is 0 Å². The van der Waals surface area contributed by atoms with Gasteiger partial charge in [-0.05, 0) is 30.4 Å². The topological polar surface area (TPSA) is 20.2 Å². The molecule has 0 bridgehead atoms. The zero-order valence-electron chi connectivity index (χ0n) is 8.43. The van der Waals surface area contributed by atoms with Gasteiger partial charge in [0.15, 0.2) is 0 Å². The minimum Gasteiger partial charge on any atom is -0.507 e. The molecule has 0 aliphatic carbocycles. The van der Waals surface area contributed by atoms with Crippen molar-refractivity contribution in [1.29, 1.82) is 0 Å². The fourth-order valence-corrected chi connectivity index (χ4v) is 1.56. The quantitative estimate of drug-likeness (QED) is 0.749. The monoisotopic (exact) mass is 177 g/mol. The highest BCUT2D eigenvalue weighted by molar-refractivity contribution is 5.38. The zero-order valence-corrected chi connectivity index (χ0v) is 8.43. The summed E-state index contributed by atoms with van der Waals surface area (Å²) in [5.74, 6) is 0.330. The van der Waals surface area contributed by atoms with E-state index in [4.69, 9.17) is 0 Å². The highest BCUT2D eigenvalue weighted by Gasteiger charge is 2.04. The lowest BCUT2D eigenvalue weighted by Crippen LogP contribution is -1.93. The van der Waals surface area contributed by atoms with Crippen LogP contribution in [0.3, 0.4) is 0 Å². The van der Waals surface area contributed by atoms with E-state index in [0.29, 0.717) is 5.75 Å². The molecular weight excluding hydrogens is 160 g/mol. The smallest absolute Gasteiger partial charge is 0.126 e. The zero-order chi connectivity index (χ0) is 9.68. The number of benzene rings is 1. The SMILES string of the molecule is CCCCc1cc[c]c(O)c1CC. The molecule has 0 aromatic heterocycles. The third-order valence-corrected chi connectivity index (χ3v) is 2.33. The van der Waals surface area contributed by atoms with E-state index in [1.165, 1.54) is 18.4 Å². The number of rotatable bonds is 4. The number of phenolic OH excluding ortho intramolecular Hbond substituents is 1. The molecule has 0 aliphatic rings. The highest BCUT2D eigenvalue weighted by Crippen LogP contribution is 2.22. The normalized spacial score (nSPS) is 10.3. The molecule has 13 heavy (non-hydrogen) atoms. The van der Waals surface area contributed by atoms with Crippen molar-refractivity contribution in [3.05, 3.63) is 29.3 Å². The number of aryl methyl sites for hydroxylation is 1. The third kappa shape index (κ3) is 2.48. The van der Waals surface area contributed by atoms with E-state index in [0.717, 1.165) is 18.4 Å². The van der Waals surface area contributed by atoms with Crippen molar-refractivity contribution in [3.8, 4) is 5.75 Å². The Hall–Kier alpha value is -0.980. The summed E-state index contributed by atoms with van der Waals surface area (Å²) in [6.07, 6.45) is 4.35. The number of hydrogen-bond acceptors (Lipinski definition) is 1. The fourth-order valence-electron chi connectivity index (χ4n) is 1.56. The van der Waals surface area contributed by atoms with Gasteiger partial charge in [-0.25, -0.2) is 0 Å². The summed E-state index contributed by atoms with van der Waals surface area (Å²) in [4.78, 5) is 0. The first-order valence-electron chi connectivity index (χ1n) is 5.01. The van der Waals surface area contributed by atoms with Gasteiger partial charge in [0.1, 0.15) is 5.75 Å². The molecule has 1 radical (unpaired) electrons. The molecule has 0 fully saturated rings. The van der Waals surface area contributed by atoms with Crippen LogP contribution in [0.1, 0.15) is 37.8 Å². The molecule has 0 saturated carbocycles. The van der Waals surface area contributed by atoms with Crippen molar-refractivity contribution in [2.45, 2.75) is 39.5 Å². The van der Waals surface area contributed by atoms with Gasteiger partial charge in [0.25, 0.3) is 0 Å². The third-order valence-electron chi connectivity index (χ3n) is 2.33. The van der Waals surface area contributed by atoms with Crippen LogP contribution in [0.15, 0.2) is 12.1 Å². The van der Waals surface area contributed by atoms with Gasteiger partial charge >= 0.3 is 0 Å². The van der Waals surface area contributed by atoms with Crippen LogP contribution in [0.25, 0.3) is 0 Å². The van der Waals surface area contributed by atoms with E-state index in [1.54, 1.807) is 6.07 Å². The summed E-state index contributed by atoms with van der Waals surface area (Å²) >= 11 is 0. The summed E-state index contributed by atoms with van der Waals surface area (Å²) in [7, 11) is 0. The summed E-state index contributed by atoms with van der Waals surface area (Å²) in [5, 5.41) is 9.54. The van der Waals surface area contributed by atoms with Gasteiger partial charge < -0.3 is 5.11 Å². The van der Waals surface area contributed by atoms with Gasteiger partial charge in [0.2, 0.25) is 0 Å². The Morgan fingerprint density at radius 2 is 2.15 bits per heavy atom. The van der Waals surface area contributed by atoms with E-state index >= 15 is 0 Å². The summed E-state index contributed by atoms with van der Waals surface area (Å²) in [6, 6.07) is 6.69. The maximum absolute atomic E-state index is 9.54. The number of unbranched alkanes of at least 4 members (excludes halogenated alkanes) is 1. The lowest BCUT2D eigenvalue weighted by Gasteiger charge is -2.08. The van der Waals surface area contributed by atoms with Crippen molar-refractivity contribution in [2.24, 2.45) is 0 Å². The Balaban J connectivity index is 2.85. The molecule has 1 N–H and O–H groups in total. The Kier molecular flexibility index (Phi) is 3.81. The first-order valence-corrected chi connectivity index (χ1v) is 5.01. The maximum atomic E-state index is 9.54. The van der Waals surface area contributed by atoms with Crippen LogP contribution in [0.2, 0.25) is 0 Å². The standard InChI is InChI=1S/C12H17O/c1-3-5-7-10-8-6-9-12(13)11(10)4-2/h6,8,13H,3-5,7H2,1-2H3. The number of aromatic hydroxyl groups is 1. The van der Waals surface area contributed by atoms with Crippen molar-refractivity contribution < 1.29 is 5.11 Å². The molecule has 1 nitrogen and oxygen atoms in total. The molecule has 0 amide bonds. The Morgan fingerprint density at radius 3 is 2.77 bits per heavy atom. The summed E-state index contributed by atoms with van der Waals surface area (Å²) in [6.45, 7) is 4.25. The van der Waals surface area contributed by atoms with Gasteiger partial charge in [-0.15, -0.1) is 0 Å². The van der Waals surface area contributed by atoms with E-state index in [1.807, 2.05) is 0 Å². The number of hydrogen-bond donors (Lipinski definition) is 1. The first-order chi connectivity index (χ1) is 6.29. The fraction of sp³-hybridized carbons (Fsp3) is 0.500. The molecule has 1 heteroatoms. The van der Waals surface area contributed by atoms with Crippen LogP contribution in [-0.2, 0) is 12.8 Å². The average molecular weight is 177 g/mol. The molecule has 1 aromatic carbocycles. The second-order valence-electron chi connectivity index (χ2n) is 3.29. The van der Waals surface area contributed by atoms with E-state index in [-0.39, 0.29) is 0 Å². The molecule has 1 aromatic rings. The van der Waals surface area contributed by atoms with Crippen molar-refractivity contribution in [1.82, 2.24) is 0 Å². The van der Waals surface area contributed by atoms with Gasteiger partial charge in [-0.2, -0.15) is 0 Å². The minimum atomic E-state index is 0.330. The first kappa shape index (κ1) is 10.1. The van der Waals surface area contributed by atoms with E-state index < -0.39 is 0 Å². The van der Waals surface area contributed by atoms with Gasteiger partial charge in [0, 0.05) is 6.07 Å². The Labute approximate surface area is 80.4 Å². The molecule has 0 saturated heterocycles. The van der Waals surface area contributed by atoms with Gasteiger partial charge in [-0.1, -0.05) is 32.4 Å². The minimum absolute atomic E-state index is 0.330. The second kappa shape index (κ2) is 4.90. The summed E-state index contributed by atoms with van der Waals surface area (Å²) < 4.78 is 0. The molecule has 0 atom stereocenters. The van der Waals surface area contributed by atoms with Crippen LogP contribution in [0, 0.1) is 6.07 Å². The van der Waals surface area contributed by atoms with E-state index in [2.05, 4.69) is 26.0 Å². The largest absolute Gasteiger partial charge is 0.507 e. The van der Waals surface area contributed by atoms with Crippen molar-refractivity contribution in [2.75, 3.05) is 0 Å². The Morgan fingerprint density at radius 1 is 1.38 bits per heavy atom. The van der Waals surface area contributed by atoms with Crippen molar-refractivity contribution in [3.63, 3.8) is 0 Å². The molecule has 0 spiro atoms. The van der Waals surface area contributed by atoms with Crippen LogP contribution < -0.4 is 0 Å². The molecule has 0 unspecified atom stereocenters. The molecule has 1 rings (SSSR count). The highest BCUT2D eigenvalue weighted by atomic mass is 16.3. The molecule has 71 valence electrons. The average Bonchev–Trinajstić information content (AvgIpc) is 2.15. The van der Waals surface area contributed by atoms with E-state index in [9.17, 15) is 5.11 Å². The van der Waals surface area contributed by atoms with Crippen LogP contribution in [-0.4, -0.2) is 5.11 Å². The molecule has 0 heterocycles. The van der Waals surface area contributed by atoms with Crippen LogP contribution in [0.4, 0.5) is 0 Å². The lowest BCUT2D eigenvalue weighted by molar-refractivity contribution is 0.466. The van der Waals surface area contributed by atoms with Crippen LogP contribution >= 0.6 is 0 Å². The molecule has 0 aliphatic heterocycles. The molecular formula is C12H17O. The Bertz CT molecular complexity index is 266. The second-order valence-corrected chi connectivity index (χ2v) is 3.29. The maximum Gasteiger partial charge on any atom is 0.126 e. The number of phenols is 1. The van der Waals surface area contributed by atoms with Gasteiger partial charge in [-0.3, -0.25) is 0 Å².